The van der Waals surface area contributed by atoms with Crippen molar-refractivity contribution < 1.29 is 23.4 Å². The van der Waals surface area contributed by atoms with Crippen LogP contribution in [0.2, 0.25) is 0 Å². The molecule has 2 aromatic heterocycles. The molecule has 1 fully saturated rings. The lowest BCUT2D eigenvalue weighted by atomic mass is 10.0. The Balaban J connectivity index is 1.37. The number of nitrogens with zero attached hydrogens (tertiary/aromatic N) is 3. The lowest BCUT2D eigenvalue weighted by Gasteiger charge is -2.28. The largest absolute Gasteiger partial charge is 0.486 e. The Bertz CT molecular complexity index is 1020. The maximum absolute atomic E-state index is 6.40. The number of nitrogens with one attached hydrogen (secondary N) is 1. The minimum Gasteiger partial charge on any atom is -0.486 e. The molecule has 3 N–H and O–H groups in total. The fraction of sp³-hybridized carbons (Fsp3) is 0.350. The number of ether oxygens (including phenoxy) is 4. The maximum Gasteiger partial charge on any atom is 0.320 e. The zero-order valence-electron chi connectivity index (χ0n) is 16.1. The summed E-state index contributed by atoms with van der Waals surface area (Å²) in [4.78, 5) is 4.43. The van der Waals surface area contributed by atoms with Crippen LogP contribution in [0.5, 0.6) is 11.5 Å². The van der Waals surface area contributed by atoms with Gasteiger partial charge in [0.25, 0.3) is 5.89 Å². The molecule has 0 aliphatic carbocycles. The molecule has 5 rings (SSSR count). The molecule has 0 radical (unpaired) electrons. The van der Waals surface area contributed by atoms with Crippen LogP contribution in [-0.4, -0.2) is 54.3 Å². The van der Waals surface area contributed by atoms with E-state index in [1.54, 1.807) is 12.3 Å². The molecule has 0 bridgehead atoms. The Hall–Kier alpha value is -3.21. The summed E-state index contributed by atoms with van der Waals surface area (Å²) in [6.07, 6.45) is 1.39. The molecule has 2 atom stereocenters. The SMILES string of the molecule is NC(c1ncccc1-c1nnc(Nc2ccc3c(c2)OCCO3)o1)C1COCCO1. The zero-order chi connectivity index (χ0) is 20.3. The Morgan fingerprint density at radius 3 is 2.80 bits per heavy atom. The summed E-state index contributed by atoms with van der Waals surface area (Å²) in [7, 11) is 0. The van der Waals surface area contributed by atoms with E-state index in [0.717, 1.165) is 5.69 Å². The number of anilines is 2. The van der Waals surface area contributed by atoms with Crippen molar-refractivity contribution in [2.75, 3.05) is 38.4 Å². The van der Waals surface area contributed by atoms with Crippen molar-refractivity contribution in [3.8, 4) is 23.0 Å². The van der Waals surface area contributed by atoms with E-state index in [0.29, 0.717) is 61.7 Å². The van der Waals surface area contributed by atoms with Crippen molar-refractivity contribution in [2.45, 2.75) is 12.1 Å². The minimum atomic E-state index is -0.484. The highest BCUT2D eigenvalue weighted by atomic mass is 16.6. The highest BCUT2D eigenvalue weighted by molar-refractivity contribution is 5.61. The van der Waals surface area contributed by atoms with Crippen LogP contribution in [0.3, 0.4) is 0 Å². The van der Waals surface area contributed by atoms with Gasteiger partial charge in [-0.3, -0.25) is 4.98 Å². The fourth-order valence-electron chi connectivity index (χ4n) is 3.38. The Morgan fingerprint density at radius 2 is 1.93 bits per heavy atom. The molecular formula is C20H21N5O5. The fourth-order valence-corrected chi connectivity index (χ4v) is 3.38. The van der Waals surface area contributed by atoms with Crippen LogP contribution >= 0.6 is 0 Å². The number of pyridine rings is 1. The third-order valence-corrected chi connectivity index (χ3v) is 4.85. The summed E-state index contributed by atoms with van der Waals surface area (Å²) in [6.45, 7) is 2.54. The molecule has 1 saturated heterocycles. The lowest BCUT2D eigenvalue weighted by molar-refractivity contribution is -0.0979. The van der Waals surface area contributed by atoms with Crippen LogP contribution in [0.15, 0.2) is 40.9 Å². The summed E-state index contributed by atoms with van der Waals surface area (Å²) in [5.74, 6) is 1.69. The average molecular weight is 411 g/mol. The first-order valence-electron chi connectivity index (χ1n) is 9.68. The molecule has 2 aliphatic heterocycles. The summed E-state index contributed by atoms with van der Waals surface area (Å²) in [6, 6.07) is 8.89. The topological polar surface area (TPSA) is 127 Å². The first-order valence-corrected chi connectivity index (χ1v) is 9.68. The van der Waals surface area contributed by atoms with E-state index in [-0.39, 0.29) is 12.1 Å². The maximum atomic E-state index is 6.40. The Kier molecular flexibility index (Phi) is 5.18. The van der Waals surface area contributed by atoms with Crippen molar-refractivity contribution in [1.29, 1.82) is 0 Å². The number of benzene rings is 1. The molecule has 10 heteroatoms. The van der Waals surface area contributed by atoms with E-state index >= 15 is 0 Å². The third-order valence-electron chi connectivity index (χ3n) is 4.85. The van der Waals surface area contributed by atoms with Gasteiger partial charge in [-0.15, -0.1) is 5.10 Å². The molecule has 2 aliphatic rings. The van der Waals surface area contributed by atoms with Gasteiger partial charge in [0.15, 0.2) is 11.5 Å². The Labute approximate surface area is 172 Å². The molecule has 0 amide bonds. The van der Waals surface area contributed by atoms with Gasteiger partial charge in [0, 0.05) is 18.0 Å². The summed E-state index contributed by atoms with van der Waals surface area (Å²) < 4.78 is 28.1. The van der Waals surface area contributed by atoms with Crippen LogP contribution in [0.4, 0.5) is 11.7 Å². The number of fused-ring (bicyclic) bond motifs is 1. The molecule has 3 aromatic rings. The molecule has 0 spiro atoms. The van der Waals surface area contributed by atoms with Gasteiger partial charge in [-0.1, -0.05) is 5.10 Å². The second kappa shape index (κ2) is 8.27. The van der Waals surface area contributed by atoms with Crippen molar-refractivity contribution in [3.05, 3.63) is 42.2 Å². The predicted octanol–water partition coefficient (Wildman–Crippen LogP) is 2.06. The highest BCUT2D eigenvalue weighted by Crippen LogP contribution is 2.34. The van der Waals surface area contributed by atoms with Gasteiger partial charge in [-0.05, 0) is 24.3 Å². The van der Waals surface area contributed by atoms with Crippen LogP contribution in [-0.2, 0) is 9.47 Å². The Morgan fingerprint density at radius 1 is 1.03 bits per heavy atom. The van der Waals surface area contributed by atoms with Crippen LogP contribution in [0.1, 0.15) is 11.7 Å². The van der Waals surface area contributed by atoms with Crippen molar-refractivity contribution in [3.63, 3.8) is 0 Å². The molecule has 4 heterocycles. The van der Waals surface area contributed by atoms with E-state index in [1.165, 1.54) is 0 Å². The second-order valence-electron chi connectivity index (χ2n) is 6.84. The van der Waals surface area contributed by atoms with E-state index in [4.69, 9.17) is 29.1 Å². The normalized spacial score (nSPS) is 19.3. The first kappa shape index (κ1) is 18.8. The van der Waals surface area contributed by atoms with Gasteiger partial charge < -0.3 is 34.4 Å². The summed E-state index contributed by atoms with van der Waals surface area (Å²) in [5.41, 5.74) is 8.41. The van der Waals surface area contributed by atoms with E-state index in [2.05, 4.69) is 20.5 Å². The number of nitrogens with two attached hydrogens (primary N) is 1. The quantitative estimate of drug-likeness (QED) is 0.644. The standard InChI is InChI=1S/C20H21N5O5/c21-17(16-11-26-6-7-29-16)18-13(2-1-5-22-18)19-24-25-20(30-19)23-12-3-4-14-15(10-12)28-9-8-27-14/h1-5,10,16-17H,6-9,11,21H2,(H,23,25). The molecule has 0 saturated carbocycles. The van der Waals surface area contributed by atoms with Crippen LogP contribution < -0.4 is 20.5 Å². The van der Waals surface area contributed by atoms with Gasteiger partial charge in [-0.2, -0.15) is 0 Å². The predicted molar refractivity (Wildman–Crippen MR) is 106 cm³/mol. The molecular weight excluding hydrogens is 390 g/mol. The van der Waals surface area contributed by atoms with Crippen LogP contribution in [0, 0.1) is 0 Å². The average Bonchev–Trinajstić information content (AvgIpc) is 3.27. The van der Waals surface area contributed by atoms with Gasteiger partial charge in [-0.25, -0.2) is 0 Å². The summed E-state index contributed by atoms with van der Waals surface area (Å²) in [5, 5.41) is 11.3. The number of rotatable bonds is 5. The monoisotopic (exact) mass is 411 g/mol. The van der Waals surface area contributed by atoms with E-state index in [9.17, 15) is 0 Å². The number of hydrogen-bond donors (Lipinski definition) is 2. The van der Waals surface area contributed by atoms with Gasteiger partial charge in [0.05, 0.1) is 37.1 Å². The molecule has 2 unspecified atom stereocenters. The number of hydrogen-bond acceptors (Lipinski definition) is 10. The van der Waals surface area contributed by atoms with E-state index < -0.39 is 6.04 Å². The third kappa shape index (κ3) is 3.80. The van der Waals surface area contributed by atoms with Crippen molar-refractivity contribution >= 4 is 11.7 Å². The summed E-state index contributed by atoms with van der Waals surface area (Å²) >= 11 is 0. The molecule has 156 valence electrons. The lowest BCUT2D eigenvalue weighted by Crippen LogP contribution is -2.38. The highest BCUT2D eigenvalue weighted by Gasteiger charge is 2.28. The second-order valence-corrected chi connectivity index (χ2v) is 6.84. The van der Waals surface area contributed by atoms with Gasteiger partial charge in [0.2, 0.25) is 0 Å². The number of aromatic nitrogens is 3. The van der Waals surface area contributed by atoms with Crippen molar-refractivity contribution in [2.24, 2.45) is 5.73 Å². The minimum absolute atomic E-state index is 0.238. The van der Waals surface area contributed by atoms with Crippen LogP contribution in [0.25, 0.3) is 11.5 Å². The molecule has 10 nitrogen and oxygen atoms in total. The molecule has 30 heavy (non-hydrogen) atoms. The first-order chi connectivity index (χ1) is 14.8. The van der Waals surface area contributed by atoms with E-state index in [1.807, 2.05) is 24.3 Å². The smallest absolute Gasteiger partial charge is 0.320 e. The van der Waals surface area contributed by atoms with Gasteiger partial charge in [0.1, 0.15) is 19.3 Å². The van der Waals surface area contributed by atoms with Gasteiger partial charge >= 0.3 is 6.01 Å². The van der Waals surface area contributed by atoms with Crippen molar-refractivity contribution in [1.82, 2.24) is 15.2 Å². The molecule has 1 aromatic carbocycles. The zero-order valence-corrected chi connectivity index (χ0v) is 16.1.